The van der Waals surface area contributed by atoms with Crippen LogP contribution in [0, 0.1) is 0 Å². The molecule has 1 aliphatic heterocycles. The smallest absolute Gasteiger partial charge is 0.188 e. The largest absolute Gasteiger partial charge is 0.496 e. The summed E-state index contributed by atoms with van der Waals surface area (Å²) in [4.78, 5) is 3.82. The Labute approximate surface area is 95.8 Å². The molecule has 0 aromatic heterocycles. The van der Waals surface area contributed by atoms with E-state index in [1.165, 1.54) is 0 Å². The zero-order valence-electron chi connectivity index (χ0n) is 9.44. The first-order chi connectivity index (χ1) is 7.77. The minimum atomic E-state index is 0.579. The number of nitrogens with zero attached hydrogens (tertiary/aromatic N) is 1. The Balaban J connectivity index is 0.000000181. The van der Waals surface area contributed by atoms with Crippen molar-refractivity contribution in [2.75, 3.05) is 20.2 Å². The molecule has 16 heavy (non-hydrogen) atoms. The van der Waals surface area contributed by atoms with E-state index in [1.807, 2.05) is 24.3 Å². The van der Waals surface area contributed by atoms with E-state index in [0.717, 1.165) is 24.4 Å². The first-order valence-electron chi connectivity index (χ1n) is 5.07. The molecule has 86 valence electrons. The Hall–Kier alpha value is -1.97. The van der Waals surface area contributed by atoms with Gasteiger partial charge in [-0.1, -0.05) is 30.9 Å². The van der Waals surface area contributed by atoms with Crippen LogP contribution in [-0.2, 0) is 0 Å². The lowest BCUT2D eigenvalue weighted by Gasteiger charge is -2.01. The summed E-state index contributed by atoms with van der Waals surface area (Å²) in [5.74, 6) is 1.45. The Kier molecular flexibility index (Phi) is 4.92. The highest BCUT2D eigenvalue weighted by Crippen LogP contribution is 2.17. The molecule has 0 fully saturated rings. The molecule has 0 aliphatic carbocycles. The van der Waals surface area contributed by atoms with Crippen molar-refractivity contribution in [3.8, 4) is 5.75 Å². The maximum atomic E-state index is 5.17. The monoisotopic (exact) mass is 219 g/mol. The summed E-state index contributed by atoms with van der Waals surface area (Å²) in [6.45, 7) is 5.41. The Morgan fingerprint density at radius 2 is 2.25 bits per heavy atom. The highest BCUT2D eigenvalue weighted by molar-refractivity contribution is 5.79. The Morgan fingerprint density at radius 1 is 1.50 bits per heavy atom. The van der Waals surface area contributed by atoms with Crippen molar-refractivity contribution in [3.63, 3.8) is 0 Å². The average Bonchev–Trinajstić information content (AvgIpc) is 2.81. The third-order valence-electron chi connectivity index (χ3n) is 2.06. The number of guanidine groups is 1. The van der Waals surface area contributed by atoms with Crippen LogP contribution in [0.25, 0.3) is 6.08 Å². The first kappa shape index (κ1) is 12.1. The van der Waals surface area contributed by atoms with Crippen LogP contribution in [0.5, 0.6) is 5.75 Å². The molecule has 0 amide bonds. The van der Waals surface area contributed by atoms with Crippen molar-refractivity contribution >= 4 is 12.0 Å². The van der Waals surface area contributed by atoms with Crippen molar-refractivity contribution in [1.82, 2.24) is 5.32 Å². The molecular weight excluding hydrogens is 202 g/mol. The molecule has 0 atom stereocenters. The summed E-state index contributed by atoms with van der Waals surface area (Å²) in [7, 11) is 1.66. The Bertz CT molecular complexity index is 374. The lowest BCUT2D eigenvalue weighted by atomic mass is 10.2. The minimum Gasteiger partial charge on any atom is -0.496 e. The normalized spacial score (nSPS) is 12.9. The predicted octanol–water partition coefficient (Wildman–Crippen LogP) is 1.24. The van der Waals surface area contributed by atoms with Gasteiger partial charge in [-0.25, -0.2) is 0 Å². The molecule has 0 radical (unpaired) electrons. The second kappa shape index (κ2) is 6.50. The third kappa shape index (κ3) is 3.65. The molecule has 0 spiro atoms. The number of ether oxygens (including phenoxy) is 1. The second-order valence-electron chi connectivity index (χ2n) is 3.14. The molecule has 4 nitrogen and oxygen atoms in total. The quantitative estimate of drug-likeness (QED) is 0.786. The number of hydrogen-bond acceptors (Lipinski definition) is 4. The molecule has 1 aliphatic rings. The van der Waals surface area contributed by atoms with Crippen LogP contribution in [-0.4, -0.2) is 26.2 Å². The van der Waals surface area contributed by atoms with E-state index < -0.39 is 0 Å². The molecule has 0 saturated heterocycles. The van der Waals surface area contributed by atoms with Crippen LogP contribution < -0.4 is 15.8 Å². The van der Waals surface area contributed by atoms with Gasteiger partial charge in [0.15, 0.2) is 5.96 Å². The van der Waals surface area contributed by atoms with Crippen molar-refractivity contribution < 1.29 is 4.74 Å². The Morgan fingerprint density at radius 3 is 2.62 bits per heavy atom. The second-order valence-corrected chi connectivity index (χ2v) is 3.14. The van der Waals surface area contributed by atoms with Crippen LogP contribution >= 0.6 is 0 Å². The van der Waals surface area contributed by atoms with Gasteiger partial charge < -0.3 is 15.8 Å². The fraction of sp³-hybridized carbons (Fsp3) is 0.250. The minimum absolute atomic E-state index is 0.579. The number of rotatable bonds is 2. The van der Waals surface area contributed by atoms with Crippen LogP contribution in [0.1, 0.15) is 5.56 Å². The number of benzene rings is 1. The van der Waals surface area contributed by atoms with Crippen molar-refractivity contribution in [3.05, 3.63) is 36.4 Å². The SMILES string of the molecule is C=Cc1ccccc1OC.NC1=NCCN1. The third-order valence-corrected chi connectivity index (χ3v) is 2.06. The number of aliphatic imine (C=N–C) groups is 1. The number of methoxy groups -OCH3 is 1. The van der Waals surface area contributed by atoms with Gasteiger partial charge in [0.25, 0.3) is 0 Å². The molecule has 1 aromatic rings. The number of hydrogen-bond donors (Lipinski definition) is 2. The van der Waals surface area contributed by atoms with Crippen LogP contribution in [0.15, 0.2) is 35.8 Å². The molecule has 0 bridgehead atoms. The maximum absolute atomic E-state index is 5.17. The highest BCUT2D eigenvalue weighted by Gasteiger charge is 1.94. The van der Waals surface area contributed by atoms with Gasteiger partial charge in [0.05, 0.1) is 13.7 Å². The lowest BCUT2D eigenvalue weighted by Crippen LogP contribution is -2.26. The lowest BCUT2D eigenvalue weighted by molar-refractivity contribution is 0.414. The molecular formula is C12H17N3O. The highest BCUT2D eigenvalue weighted by atomic mass is 16.5. The first-order valence-corrected chi connectivity index (χ1v) is 5.07. The van der Waals surface area contributed by atoms with Gasteiger partial charge in [0, 0.05) is 12.1 Å². The zero-order chi connectivity index (χ0) is 11.8. The van der Waals surface area contributed by atoms with E-state index >= 15 is 0 Å². The van der Waals surface area contributed by atoms with Gasteiger partial charge in [-0.05, 0) is 6.07 Å². The number of nitrogens with two attached hydrogens (primary N) is 1. The van der Waals surface area contributed by atoms with E-state index in [1.54, 1.807) is 13.2 Å². The maximum Gasteiger partial charge on any atom is 0.188 e. The fourth-order valence-electron chi connectivity index (χ4n) is 1.25. The van der Waals surface area contributed by atoms with Crippen LogP contribution in [0.3, 0.4) is 0 Å². The number of nitrogens with one attached hydrogen (secondary N) is 1. The summed E-state index contributed by atoms with van der Waals surface area (Å²) in [5.41, 5.74) is 6.21. The molecule has 1 aromatic carbocycles. The topological polar surface area (TPSA) is 59.6 Å². The van der Waals surface area contributed by atoms with E-state index in [0.29, 0.717) is 5.96 Å². The molecule has 2 rings (SSSR count). The van der Waals surface area contributed by atoms with Gasteiger partial charge in [0.1, 0.15) is 5.75 Å². The van der Waals surface area contributed by atoms with E-state index in [2.05, 4.69) is 16.9 Å². The van der Waals surface area contributed by atoms with Crippen LogP contribution in [0.2, 0.25) is 0 Å². The standard InChI is InChI=1S/C9H10O.C3H7N3/c1-3-8-6-4-5-7-9(8)10-2;4-3-5-1-2-6-3/h3-7H,1H2,2H3;1-2H2,(H3,4,5,6). The van der Waals surface area contributed by atoms with E-state index in [9.17, 15) is 0 Å². The number of para-hydroxylation sites is 1. The van der Waals surface area contributed by atoms with Crippen molar-refractivity contribution in [1.29, 1.82) is 0 Å². The summed E-state index contributed by atoms with van der Waals surface area (Å²) in [5, 5.41) is 2.85. The van der Waals surface area contributed by atoms with Crippen LogP contribution in [0.4, 0.5) is 0 Å². The van der Waals surface area contributed by atoms with Gasteiger partial charge in [-0.15, -0.1) is 0 Å². The van der Waals surface area contributed by atoms with Crippen molar-refractivity contribution in [2.45, 2.75) is 0 Å². The fourth-order valence-corrected chi connectivity index (χ4v) is 1.25. The molecule has 1 heterocycles. The van der Waals surface area contributed by atoms with Crippen molar-refractivity contribution in [2.24, 2.45) is 10.7 Å². The van der Waals surface area contributed by atoms with E-state index in [4.69, 9.17) is 10.5 Å². The predicted molar refractivity (Wildman–Crippen MR) is 67.6 cm³/mol. The van der Waals surface area contributed by atoms with E-state index in [-0.39, 0.29) is 0 Å². The summed E-state index contributed by atoms with van der Waals surface area (Å²) in [6, 6.07) is 7.77. The molecule has 3 N–H and O–H groups in total. The molecule has 0 saturated carbocycles. The van der Waals surface area contributed by atoms with Gasteiger partial charge in [-0.2, -0.15) is 0 Å². The molecule has 4 heteroatoms. The zero-order valence-corrected chi connectivity index (χ0v) is 9.44. The summed E-state index contributed by atoms with van der Waals surface area (Å²) < 4.78 is 5.06. The average molecular weight is 219 g/mol. The summed E-state index contributed by atoms with van der Waals surface area (Å²) in [6.07, 6.45) is 1.78. The molecule has 0 unspecified atom stereocenters. The van der Waals surface area contributed by atoms with Gasteiger partial charge in [0.2, 0.25) is 0 Å². The summed E-state index contributed by atoms with van der Waals surface area (Å²) >= 11 is 0. The van der Waals surface area contributed by atoms with Gasteiger partial charge >= 0.3 is 0 Å². The van der Waals surface area contributed by atoms with Gasteiger partial charge in [-0.3, -0.25) is 4.99 Å².